The maximum Gasteiger partial charge on any atom is 0.336 e. The Hall–Kier alpha value is -3.65. The zero-order valence-electron chi connectivity index (χ0n) is 17.4. The van der Waals surface area contributed by atoms with Crippen LogP contribution in [-0.2, 0) is 0 Å². The molecule has 1 aliphatic heterocycles. The number of halogens is 1. The van der Waals surface area contributed by atoms with Crippen LogP contribution in [0.1, 0.15) is 37.9 Å². The minimum Gasteiger partial charge on any atom is -0.478 e. The van der Waals surface area contributed by atoms with E-state index in [1.165, 1.54) is 18.5 Å². The van der Waals surface area contributed by atoms with E-state index in [1.807, 2.05) is 31.2 Å². The Kier molecular flexibility index (Phi) is 5.96. The minimum absolute atomic E-state index is 0.0667. The van der Waals surface area contributed by atoms with Crippen LogP contribution in [-0.4, -0.2) is 51.5 Å². The number of pyridine rings is 2. The summed E-state index contributed by atoms with van der Waals surface area (Å²) in [5.41, 5.74) is 8.78. The van der Waals surface area contributed by atoms with E-state index in [1.54, 1.807) is 17.2 Å². The molecule has 164 valence electrons. The number of rotatable bonds is 4. The summed E-state index contributed by atoms with van der Waals surface area (Å²) in [4.78, 5) is 36.9. The molecule has 1 fully saturated rings. The van der Waals surface area contributed by atoms with Crippen LogP contribution in [0.3, 0.4) is 0 Å². The molecule has 1 saturated heterocycles. The topological polar surface area (TPSA) is 113 Å². The predicted octanol–water partition coefficient (Wildman–Crippen LogP) is 3.42. The number of carbonyl (C=O) groups is 2. The van der Waals surface area contributed by atoms with Crippen molar-refractivity contribution in [2.24, 2.45) is 0 Å². The Balaban J connectivity index is 1.70. The van der Waals surface area contributed by atoms with Crippen LogP contribution in [0, 0.1) is 6.92 Å². The zero-order valence-corrected chi connectivity index (χ0v) is 18.2. The fourth-order valence-electron chi connectivity index (χ4n) is 3.90. The molecule has 3 heterocycles. The van der Waals surface area contributed by atoms with E-state index in [0.717, 1.165) is 11.1 Å². The van der Waals surface area contributed by atoms with Gasteiger partial charge in [0.2, 0.25) is 0 Å². The highest BCUT2D eigenvalue weighted by molar-refractivity contribution is 6.30. The van der Waals surface area contributed by atoms with Crippen molar-refractivity contribution in [2.45, 2.75) is 13.0 Å². The molecule has 0 bridgehead atoms. The smallest absolute Gasteiger partial charge is 0.336 e. The molecule has 1 atom stereocenters. The third kappa shape index (κ3) is 4.22. The van der Waals surface area contributed by atoms with Crippen molar-refractivity contribution in [3.05, 3.63) is 82.3 Å². The summed E-state index contributed by atoms with van der Waals surface area (Å²) in [6, 6.07) is 10.8. The Morgan fingerprint density at radius 2 is 1.88 bits per heavy atom. The third-order valence-corrected chi connectivity index (χ3v) is 5.75. The average molecular weight is 452 g/mol. The Labute approximate surface area is 190 Å². The first-order valence-electron chi connectivity index (χ1n) is 10.1. The minimum atomic E-state index is -1.16. The summed E-state index contributed by atoms with van der Waals surface area (Å²) < 4.78 is 0. The number of aryl methyl sites for hydroxylation is 1. The van der Waals surface area contributed by atoms with Crippen LogP contribution in [0.25, 0.3) is 0 Å². The third-order valence-electron chi connectivity index (χ3n) is 5.55. The largest absolute Gasteiger partial charge is 0.478 e. The molecule has 2 aromatic heterocycles. The fourth-order valence-corrected chi connectivity index (χ4v) is 4.07. The van der Waals surface area contributed by atoms with Gasteiger partial charge in [0.25, 0.3) is 5.91 Å². The number of carboxylic acid groups (broad SMARTS) is 1. The van der Waals surface area contributed by atoms with Gasteiger partial charge in [-0.3, -0.25) is 9.78 Å². The molecule has 9 heteroatoms. The summed E-state index contributed by atoms with van der Waals surface area (Å²) in [5, 5.41) is 9.92. The number of aromatic carboxylic acids is 1. The number of carbonyl (C=O) groups excluding carboxylic acids is 1. The summed E-state index contributed by atoms with van der Waals surface area (Å²) >= 11 is 6.03. The monoisotopic (exact) mass is 451 g/mol. The number of nitrogen functional groups attached to an aromatic ring is 1. The van der Waals surface area contributed by atoms with Crippen LogP contribution in [0.2, 0.25) is 5.02 Å². The zero-order chi connectivity index (χ0) is 22.8. The number of hydrogen-bond donors (Lipinski definition) is 2. The second kappa shape index (κ2) is 8.84. The standard InChI is InChI=1S/C23H22ClN5O3/c1-14-2-4-15(5-3-14)20-13-28(22(30)18-12-26-7-6-17(18)23(31)32)8-9-29(20)21-19(25)10-16(24)11-27-21/h2-7,10-12,20H,8-9,13,25H2,1H3,(H,31,32). The predicted molar refractivity (Wildman–Crippen MR) is 122 cm³/mol. The van der Waals surface area contributed by atoms with Gasteiger partial charge in [0.05, 0.1) is 27.9 Å². The van der Waals surface area contributed by atoms with Crippen LogP contribution in [0.5, 0.6) is 0 Å². The molecule has 0 spiro atoms. The highest BCUT2D eigenvalue weighted by Crippen LogP contribution is 2.34. The molecule has 8 nitrogen and oxygen atoms in total. The van der Waals surface area contributed by atoms with Crippen LogP contribution < -0.4 is 10.6 Å². The van der Waals surface area contributed by atoms with Gasteiger partial charge >= 0.3 is 5.97 Å². The molecular weight excluding hydrogens is 430 g/mol. The molecule has 0 aliphatic carbocycles. The first-order valence-corrected chi connectivity index (χ1v) is 10.4. The molecule has 1 amide bonds. The van der Waals surface area contributed by atoms with Crippen molar-refractivity contribution in [2.75, 3.05) is 30.3 Å². The lowest BCUT2D eigenvalue weighted by molar-refractivity contribution is 0.0665. The Bertz CT molecular complexity index is 1170. The SMILES string of the molecule is Cc1ccc(C2CN(C(=O)c3cnccc3C(=O)O)CCN2c2ncc(Cl)cc2N)cc1. The van der Waals surface area contributed by atoms with Crippen molar-refractivity contribution in [1.82, 2.24) is 14.9 Å². The average Bonchev–Trinajstić information content (AvgIpc) is 2.79. The van der Waals surface area contributed by atoms with E-state index in [-0.39, 0.29) is 23.1 Å². The lowest BCUT2D eigenvalue weighted by Crippen LogP contribution is -2.51. The second-order valence-corrected chi connectivity index (χ2v) is 8.10. The lowest BCUT2D eigenvalue weighted by atomic mass is 9.99. The molecule has 4 rings (SSSR count). The number of nitrogens with zero attached hydrogens (tertiary/aromatic N) is 4. The van der Waals surface area contributed by atoms with E-state index >= 15 is 0 Å². The van der Waals surface area contributed by atoms with Gasteiger partial charge in [0, 0.05) is 38.2 Å². The molecule has 32 heavy (non-hydrogen) atoms. The molecular formula is C23H22ClN5O3. The van der Waals surface area contributed by atoms with Crippen molar-refractivity contribution < 1.29 is 14.7 Å². The maximum absolute atomic E-state index is 13.3. The van der Waals surface area contributed by atoms with Gasteiger partial charge < -0.3 is 20.6 Å². The van der Waals surface area contributed by atoms with Gasteiger partial charge in [-0.1, -0.05) is 41.4 Å². The number of piperazine rings is 1. The first kappa shape index (κ1) is 21.6. The maximum atomic E-state index is 13.3. The number of benzene rings is 1. The summed E-state index contributed by atoms with van der Waals surface area (Å²) in [5.74, 6) is -0.938. The summed E-state index contributed by atoms with van der Waals surface area (Å²) in [6.07, 6.45) is 4.21. The number of nitrogens with two attached hydrogens (primary N) is 1. The molecule has 3 aromatic rings. The molecule has 1 aliphatic rings. The Morgan fingerprint density at radius 3 is 2.56 bits per heavy atom. The van der Waals surface area contributed by atoms with Gasteiger partial charge in [-0.15, -0.1) is 0 Å². The number of carboxylic acids is 1. The highest BCUT2D eigenvalue weighted by Gasteiger charge is 2.34. The highest BCUT2D eigenvalue weighted by atomic mass is 35.5. The van der Waals surface area contributed by atoms with Crippen LogP contribution >= 0.6 is 11.6 Å². The molecule has 1 unspecified atom stereocenters. The van der Waals surface area contributed by atoms with Gasteiger partial charge in [-0.2, -0.15) is 0 Å². The Morgan fingerprint density at radius 1 is 1.12 bits per heavy atom. The second-order valence-electron chi connectivity index (χ2n) is 7.66. The van der Waals surface area contributed by atoms with Crippen molar-refractivity contribution in [1.29, 1.82) is 0 Å². The van der Waals surface area contributed by atoms with Crippen molar-refractivity contribution >= 4 is 35.0 Å². The molecule has 0 saturated carbocycles. The molecule has 0 radical (unpaired) electrons. The van der Waals surface area contributed by atoms with E-state index in [9.17, 15) is 14.7 Å². The lowest BCUT2D eigenvalue weighted by Gasteiger charge is -2.42. The summed E-state index contributed by atoms with van der Waals surface area (Å²) in [6.45, 7) is 3.18. The quantitative estimate of drug-likeness (QED) is 0.624. The number of hydrogen-bond acceptors (Lipinski definition) is 6. The van der Waals surface area contributed by atoms with Crippen LogP contribution in [0.15, 0.2) is 55.0 Å². The van der Waals surface area contributed by atoms with Crippen LogP contribution in [0.4, 0.5) is 11.5 Å². The van der Waals surface area contributed by atoms with Gasteiger partial charge in [-0.25, -0.2) is 9.78 Å². The fraction of sp³-hybridized carbons (Fsp3) is 0.217. The number of amides is 1. The van der Waals surface area contributed by atoms with E-state index < -0.39 is 5.97 Å². The molecule has 3 N–H and O–H groups in total. The van der Waals surface area contributed by atoms with Gasteiger partial charge in [0.1, 0.15) is 0 Å². The number of anilines is 2. The normalized spacial score (nSPS) is 16.1. The van der Waals surface area contributed by atoms with Crippen molar-refractivity contribution in [3.8, 4) is 0 Å². The van der Waals surface area contributed by atoms with E-state index in [2.05, 4.69) is 14.9 Å². The molecule has 1 aromatic carbocycles. The number of aromatic nitrogens is 2. The summed E-state index contributed by atoms with van der Waals surface area (Å²) in [7, 11) is 0. The first-order chi connectivity index (χ1) is 15.3. The van der Waals surface area contributed by atoms with E-state index in [0.29, 0.717) is 36.2 Å². The van der Waals surface area contributed by atoms with Gasteiger partial charge in [0.15, 0.2) is 5.82 Å². The van der Waals surface area contributed by atoms with E-state index in [4.69, 9.17) is 17.3 Å². The van der Waals surface area contributed by atoms with Crippen molar-refractivity contribution in [3.63, 3.8) is 0 Å². The van der Waals surface area contributed by atoms with Gasteiger partial charge in [-0.05, 0) is 24.6 Å².